The fraction of sp³-hybridized carbons (Fsp3) is 1.00. The van der Waals surface area contributed by atoms with Crippen molar-refractivity contribution in [1.29, 1.82) is 0 Å². The zero-order valence-corrected chi connectivity index (χ0v) is 11.4. The van der Waals surface area contributed by atoms with Crippen LogP contribution in [-0.2, 0) is 0 Å². The molecule has 1 fully saturated rings. The van der Waals surface area contributed by atoms with Crippen LogP contribution in [0.15, 0.2) is 0 Å². The summed E-state index contributed by atoms with van der Waals surface area (Å²) in [5.41, 5.74) is 0.568. The van der Waals surface area contributed by atoms with Gasteiger partial charge in [-0.2, -0.15) is 0 Å². The van der Waals surface area contributed by atoms with Gasteiger partial charge < -0.3 is 4.90 Å². The molecule has 0 aromatic heterocycles. The first-order valence-electron chi connectivity index (χ1n) is 5.82. The molecule has 1 aliphatic heterocycles. The van der Waals surface area contributed by atoms with Crippen molar-refractivity contribution in [2.24, 2.45) is 11.3 Å². The Morgan fingerprint density at radius 3 is 2.57 bits per heavy atom. The topological polar surface area (TPSA) is 3.24 Å². The maximum absolute atomic E-state index is 3.51. The molecule has 1 unspecified atom stereocenters. The highest BCUT2D eigenvalue weighted by molar-refractivity contribution is 9.09. The minimum atomic E-state index is 0.568. The van der Waals surface area contributed by atoms with Crippen LogP contribution in [0.3, 0.4) is 0 Å². The lowest BCUT2D eigenvalue weighted by Gasteiger charge is -2.21. The Morgan fingerprint density at radius 1 is 1.36 bits per heavy atom. The van der Waals surface area contributed by atoms with Crippen LogP contribution in [-0.4, -0.2) is 29.9 Å². The van der Waals surface area contributed by atoms with Crippen LogP contribution in [0.2, 0.25) is 0 Å². The summed E-state index contributed by atoms with van der Waals surface area (Å²) in [6, 6.07) is 0. The average molecular weight is 262 g/mol. The van der Waals surface area contributed by atoms with E-state index in [0.717, 1.165) is 11.2 Å². The number of alkyl halides is 1. The van der Waals surface area contributed by atoms with Crippen LogP contribution < -0.4 is 0 Å². The summed E-state index contributed by atoms with van der Waals surface area (Å²) >= 11 is 3.51. The first-order valence-corrected chi connectivity index (χ1v) is 6.94. The molecule has 1 saturated heterocycles. The summed E-state index contributed by atoms with van der Waals surface area (Å²) in [5, 5.41) is 1.15. The Labute approximate surface area is 97.4 Å². The lowest BCUT2D eigenvalue weighted by atomic mass is 9.93. The molecule has 1 aliphatic rings. The van der Waals surface area contributed by atoms with E-state index in [2.05, 4.69) is 41.6 Å². The van der Waals surface area contributed by atoms with E-state index in [0.29, 0.717) is 5.41 Å². The van der Waals surface area contributed by atoms with Crippen LogP contribution >= 0.6 is 15.9 Å². The van der Waals surface area contributed by atoms with Crippen molar-refractivity contribution in [3.05, 3.63) is 0 Å². The van der Waals surface area contributed by atoms with E-state index in [9.17, 15) is 0 Å². The number of nitrogens with zero attached hydrogens (tertiary/aromatic N) is 1. The largest absolute Gasteiger partial charge is 0.303 e. The van der Waals surface area contributed by atoms with E-state index < -0.39 is 0 Å². The minimum Gasteiger partial charge on any atom is -0.303 e. The normalized spacial score (nSPS) is 24.0. The van der Waals surface area contributed by atoms with Gasteiger partial charge in [-0.05, 0) is 43.7 Å². The lowest BCUT2D eigenvalue weighted by Crippen LogP contribution is -2.25. The number of rotatable bonds is 5. The predicted octanol–water partition coefficient (Wildman–Crippen LogP) is 3.53. The zero-order chi connectivity index (χ0) is 10.6. The molecule has 0 aromatic rings. The van der Waals surface area contributed by atoms with Crippen molar-refractivity contribution in [3.8, 4) is 0 Å². The van der Waals surface area contributed by atoms with Gasteiger partial charge in [0, 0.05) is 11.9 Å². The van der Waals surface area contributed by atoms with Gasteiger partial charge in [-0.15, -0.1) is 0 Å². The predicted molar refractivity (Wildman–Crippen MR) is 67.0 cm³/mol. The summed E-state index contributed by atoms with van der Waals surface area (Å²) in [6.07, 6.45) is 4.05. The van der Waals surface area contributed by atoms with Gasteiger partial charge in [0.15, 0.2) is 0 Å². The van der Waals surface area contributed by atoms with Gasteiger partial charge in [0.2, 0.25) is 0 Å². The Morgan fingerprint density at radius 2 is 2.07 bits per heavy atom. The number of hydrogen-bond acceptors (Lipinski definition) is 1. The van der Waals surface area contributed by atoms with E-state index in [-0.39, 0.29) is 0 Å². The van der Waals surface area contributed by atoms with E-state index in [4.69, 9.17) is 0 Å². The van der Waals surface area contributed by atoms with Gasteiger partial charge in [0.1, 0.15) is 0 Å². The molecule has 84 valence electrons. The number of likely N-dealkylation sites (tertiary alicyclic amines) is 1. The Hall–Kier alpha value is 0.440. The highest BCUT2D eigenvalue weighted by Crippen LogP contribution is 2.29. The number of halogens is 1. The second kappa shape index (κ2) is 5.50. The third kappa shape index (κ3) is 4.31. The van der Waals surface area contributed by atoms with Crippen LogP contribution in [0, 0.1) is 11.3 Å². The van der Waals surface area contributed by atoms with Crippen LogP contribution in [0.1, 0.15) is 40.0 Å². The summed E-state index contributed by atoms with van der Waals surface area (Å²) in [6.45, 7) is 11.0. The SMILES string of the molecule is CC(CCBr)CCN1CCC(C)(C)C1. The standard InChI is InChI=1S/C12H24BrN/c1-11(4-7-13)5-8-14-9-6-12(2,3)10-14/h11H,4-10H2,1-3H3. The average Bonchev–Trinajstić information content (AvgIpc) is 2.43. The van der Waals surface area contributed by atoms with Crippen molar-refractivity contribution in [3.63, 3.8) is 0 Å². The van der Waals surface area contributed by atoms with E-state index in [1.165, 1.54) is 38.9 Å². The molecule has 0 bridgehead atoms. The maximum atomic E-state index is 3.51. The van der Waals surface area contributed by atoms with Crippen molar-refractivity contribution in [2.75, 3.05) is 25.0 Å². The molecule has 0 radical (unpaired) electrons. The molecule has 0 spiro atoms. The van der Waals surface area contributed by atoms with Gasteiger partial charge in [-0.1, -0.05) is 36.7 Å². The minimum absolute atomic E-state index is 0.568. The monoisotopic (exact) mass is 261 g/mol. The molecule has 0 saturated carbocycles. The second-order valence-corrected chi connectivity index (χ2v) is 6.35. The molecule has 0 aromatic carbocycles. The van der Waals surface area contributed by atoms with Crippen molar-refractivity contribution in [1.82, 2.24) is 4.90 Å². The molecule has 0 N–H and O–H groups in total. The molecular weight excluding hydrogens is 238 g/mol. The Bertz CT molecular complexity index is 168. The Kier molecular flexibility index (Phi) is 4.92. The Balaban J connectivity index is 2.14. The van der Waals surface area contributed by atoms with E-state index in [1.807, 2.05) is 0 Å². The van der Waals surface area contributed by atoms with Crippen molar-refractivity contribution < 1.29 is 0 Å². The lowest BCUT2D eigenvalue weighted by molar-refractivity contribution is 0.271. The summed E-state index contributed by atoms with van der Waals surface area (Å²) < 4.78 is 0. The first kappa shape index (κ1) is 12.5. The molecule has 0 amide bonds. The fourth-order valence-electron chi connectivity index (χ4n) is 2.15. The quantitative estimate of drug-likeness (QED) is 0.685. The molecular formula is C12H24BrN. The highest BCUT2D eigenvalue weighted by atomic mass is 79.9. The van der Waals surface area contributed by atoms with Crippen LogP contribution in [0.25, 0.3) is 0 Å². The molecule has 0 aliphatic carbocycles. The van der Waals surface area contributed by atoms with Gasteiger partial charge in [0.05, 0.1) is 0 Å². The fourth-order valence-corrected chi connectivity index (χ4v) is 2.93. The van der Waals surface area contributed by atoms with Gasteiger partial charge in [-0.3, -0.25) is 0 Å². The van der Waals surface area contributed by atoms with E-state index in [1.54, 1.807) is 0 Å². The van der Waals surface area contributed by atoms with Crippen LogP contribution in [0.4, 0.5) is 0 Å². The summed E-state index contributed by atoms with van der Waals surface area (Å²) in [5.74, 6) is 0.873. The first-order chi connectivity index (χ1) is 6.53. The number of hydrogen-bond donors (Lipinski definition) is 0. The van der Waals surface area contributed by atoms with Gasteiger partial charge in [0.25, 0.3) is 0 Å². The highest BCUT2D eigenvalue weighted by Gasteiger charge is 2.28. The van der Waals surface area contributed by atoms with Gasteiger partial charge in [-0.25, -0.2) is 0 Å². The molecule has 14 heavy (non-hydrogen) atoms. The zero-order valence-electron chi connectivity index (χ0n) is 9.85. The van der Waals surface area contributed by atoms with Crippen molar-refractivity contribution >= 4 is 15.9 Å². The maximum Gasteiger partial charge on any atom is 0.00338 e. The molecule has 1 rings (SSSR count). The molecule has 1 atom stereocenters. The van der Waals surface area contributed by atoms with Crippen molar-refractivity contribution in [2.45, 2.75) is 40.0 Å². The van der Waals surface area contributed by atoms with Crippen LogP contribution in [0.5, 0.6) is 0 Å². The molecule has 2 heteroatoms. The third-order valence-corrected chi connectivity index (χ3v) is 3.75. The molecule has 1 heterocycles. The summed E-state index contributed by atoms with van der Waals surface area (Å²) in [4.78, 5) is 2.63. The second-order valence-electron chi connectivity index (χ2n) is 5.56. The third-order valence-electron chi connectivity index (χ3n) is 3.30. The molecule has 1 nitrogen and oxygen atoms in total. The van der Waals surface area contributed by atoms with Gasteiger partial charge >= 0.3 is 0 Å². The van der Waals surface area contributed by atoms with E-state index >= 15 is 0 Å². The smallest absolute Gasteiger partial charge is 0.00338 e. The summed E-state index contributed by atoms with van der Waals surface area (Å²) in [7, 11) is 0.